The Kier molecular flexibility index (Phi) is 6.89. The quantitative estimate of drug-likeness (QED) is 0.517. The van der Waals surface area contributed by atoms with E-state index in [9.17, 15) is 10.1 Å². The molecule has 1 heterocycles. The number of anilines is 1. The van der Waals surface area contributed by atoms with Gasteiger partial charge in [-0.3, -0.25) is 4.79 Å². The molecule has 0 spiro atoms. The highest BCUT2D eigenvalue weighted by Gasteiger charge is 2.14. The van der Waals surface area contributed by atoms with Crippen LogP contribution in [-0.4, -0.2) is 10.8 Å². The van der Waals surface area contributed by atoms with Gasteiger partial charge in [0.2, 0.25) is 0 Å². The fourth-order valence-electron chi connectivity index (χ4n) is 3.24. The molecule has 0 bridgehead atoms. The van der Waals surface area contributed by atoms with E-state index in [-0.39, 0.29) is 5.78 Å². The number of carbonyl (C=O) groups excluding carboxylic acids is 1. The molecular formula is C24H27N3O. The number of hydrogen-bond donors (Lipinski definition) is 1. The number of nitrogens with zero attached hydrogens (tertiary/aromatic N) is 2. The van der Waals surface area contributed by atoms with Crippen molar-refractivity contribution in [3.8, 4) is 6.07 Å². The molecule has 2 N–H and O–H groups in total. The van der Waals surface area contributed by atoms with E-state index < -0.39 is 0 Å². The molecule has 0 atom stereocenters. The van der Waals surface area contributed by atoms with Crippen LogP contribution in [0.2, 0.25) is 0 Å². The monoisotopic (exact) mass is 373 g/mol. The summed E-state index contributed by atoms with van der Waals surface area (Å²) in [5, 5.41) is 11.5. The van der Waals surface area contributed by atoms with Crippen LogP contribution in [0.5, 0.6) is 0 Å². The average Bonchev–Trinajstić information content (AvgIpc) is 2.70. The first kappa shape index (κ1) is 21.1. The molecule has 0 aliphatic heterocycles. The number of benzene rings is 1. The van der Waals surface area contributed by atoms with Crippen LogP contribution in [0.25, 0.3) is 16.3 Å². The van der Waals surface area contributed by atoms with Crippen molar-refractivity contribution in [3.05, 3.63) is 64.4 Å². The van der Waals surface area contributed by atoms with Crippen LogP contribution >= 0.6 is 0 Å². The van der Waals surface area contributed by atoms with E-state index in [4.69, 9.17) is 5.73 Å². The van der Waals surface area contributed by atoms with Crippen LogP contribution in [0.4, 0.5) is 5.82 Å². The zero-order chi connectivity index (χ0) is 20.8. The summed E-state index contributed by atoms with van der Waals surface area (Å²) < 4.78 is 0. The maximum atomic E-state index is 12.4. The molecular weight excluding hydrogens is 346 g/mol. The molecule has 0 amide bonds. The molecule has 0 fully saturated rings. The van der Waals surface area contributed by atoms with E-state index in [1.165, 1.54) is 0 Å². The van der Waals surface area contributed by atoms with Gasteiger partial charge in [-0.2, -0.15) is 5.26 Å². The van der Waals surface area contributed by atoms with Gasteiger partial charge in [0.1, 0.15) is 5.82 Å². The molecule has 0 aliphatic rings. The Morgan fingerprint density at radius 1 is 1.18 bits per heavy atom. The highest BCUT2D eigenvalue weighted by molar-refractivity contribution is 6.00. The molecule has 0 unspecified atom stereocenters. The Labute approximate surface area is 167 Å². The topological polar surface area (TPSA) is 79.8 Å². The summed E-state index contributed by atoms with van der Waals surface area (Å²) in [7, 11) is 0. The number of rotatable bonds is 6. The van der Waals surface area contributed by atoms with Gasteiger partial charge >= 0.3 is 0 Å². The van der Waals surface area contributed by atoms with E-state index in [0.717, 1.165) is 45.0 Å². The summed E-state index contributed by atoms with van der Waals surface area (Å²) in [5.74, 6) is 0.558. The Morgan fingerprint density at radius 2 is 1.89 bits per heavy atom. The number of fused-ring (bicyclic) bond motifs is 1. The molecule has 0 radical (unpaired) electrons. The van der Waals surface area contributed by atoms with E-state index in [1.807, 2.05) is 58.9 Å². The van der Waals surface area contributed by atoms with Crippen LogP contribution in [-0.2, 0) is 4.79 Å². The average molecular weight is 374 g/mol. The third-order valence-corrected chi connectivity index (χ3v) is 4.98. The molecule has 1 aromatic heterocycles. The molecule has 0 saturated heterocycles. The minimum Gasteiger partial charge on any atom is -0.384 e. The predicted molar refractivity (Wildman–Crippen MR) is 117 cm³/mol. The smallest absolute Gasteiger partial charge is 0.162 e. The number of aromatic nitrogens is 1. The predicted octanol–water partition coefficient (Wildman–Crippen LogP) is 5.74. The van der Waals surface area contributed by atoms with Crippen LogP contribution in [0, 0.1) is 11.3 Å². The van der Waals surface area contributed by atoms with Crippen LogP contribution < -0.4 is 5.73 Å². The second-order valence-electron chi connectivity index (χ2n) is 6.82. The summed E-state index contributed by atoms with van der Waals surface area (Å²) in [4.78, 5) is 16.6. The number of hydrogen-bond acceptors (Lipinski definition) is 4. The van der Waals surface area contributed by atoms with Crippen molar-refractivity contribution in [2.45, 2.75) is 47.5 Å². The summed E-state index contributed by atoms with van der Waals surface area (Å²) >= 11 is 0. The molecule has 4 nitrogen and oxygen atoms in total. The van der Waals surface area contributed by atoms with Crippen molar-refractivity contribution < 1.29 is 4.79 Å². The highest BCUT2D eigenvalue weighted by Crippen LogP contribution is 2.31. The van der Waals surface area contributed by atoms with Crippen molar-refractivity contribution in [1.82, 2.24) is 4.98 Å². The zero-order valence-corrected chi connectivity index (χ0v) is 17.3. The lowest BCUT2D eigenvalue weighted by atomic mass is 9.90. The lowest BCUT2D eigenvalue weighted by Gasteiger charge is -2.14. The second-order valence-corrected chi connectivity index (χ2v) is 6.82. The first-order chi connectivity index (χ1) is 13.4. The minimum atomic E-state index is 0.132. The molecule has 144 valence electrons. The van der Waals surface area contributed by atoms with Gasteiger partial charge in [0.25, 0.3) is 0 Å². The Bertz CT molecular complexity index is 1050. The summed E-state index contributed by atoms with van der Waals surface area (Å²) in [6, 6.07) is 7.86. The molecule has 28 heavy (non-hydrogen) atoms. The van der Waals surface area contributed by atoms with Crippen LogP contribution in [0.3, 0.4) is 0 Å². The first-order valence-corrected chi connectivity index (χ1v) is 9.53. The third kappa shape index (κ3) is 4.37. The van der Waals surface area contributed by atoms with Crippen molar-refractivity contribution in [1.29, 1.82) is 5.26 Å². The number of carbonyl (C=O) groups is 1. The third-order valence-electron chi connectivity index (χ3n) is 4.98. The minimum absolute atomic E-state index is 0.132. The van der Waals surface area contributed by atoms with Gasteiger partial charge in [-0.15, -0.1) is 0 Å². The SMILES string of the molecule is C\C=C(/C(C)=C\C(C(=O)CC)=C(/C)CC)c1cc2cnc(N)cc2cc1C#N. The number of pyridine rings is 1. The number of Topliss-reactive ketones (excluding diaryl/α,β-unsaturated/α-hetero) is 1. The lowest BCUT2D eigenvalue weighted by Crippen LogP contribution is -2.03. The standard InChI is InChI=1S/C24H27N3O/c1-6-15(4)21(23(28)8-3)9-16(5)20(7-2)22-11-19-14-27-24(26)12-17(19)10-18(22)13-25/h7,9-12,14H,6,8H2,1-5H3,(H2,26,27)/b16-9-,20-7+,21-15-. The molecule has 0 saturated carbocycles. The number of nitriles is 1. The first-order valence-electron chi connectivity index (χ1n) is 9.53. The summed E-state index contributed by atoms with van der Waals surface area (Å²) in [6.45, 7) is 9.84. The van der Waals surface area contributed by atoms with Gasteiger partial charge in [-0.1, -0.05) is 25.5 Å². The number of ketones is 1. The Hall–Kier alpha value is -3.19. The Balaban J connectivity index is 2.66. The normalized spacial score (nSPS) is 13.3. The molecule has 2 aromatic rings. The number of nitrogen functional groups attached to an aromatic ring is 1. The van der Waals surface area contributed by atoms with Crippen molar-refractivity contribution in [2.75, 3.05) is 5.73 Å². The van der Waals surface area contributed by atoms with Crippen molar-refractivity contribution >= 4 is 27.9 Å². The van der Waals surface area contributed by atoms with E-state index in [2.05, 4.69) is 11.1 Å². The fourth-order valence-corrected chi connectivity index (χ4v) is 3.24. The van der Waals surface area contributed by atoms with Gasteiger partial charge in [-0.25, -0.2) is 4.98 Å². The van der Waals surface area contributed by atoms with Crippen LogP contribution in [0.15, 0.2) is 53.3 Å². The zero-order valence-electron chi connectivity index (χ0n) is 17.3. The largest absolute Gasteiger partial charge is 0.384 e. The summed E-state index contributed by atoms with van der Waals surface area (Å²) in [5.41, 5.74) is 10.9. The van der Waals surface area contributed by atoms with Gasteiger partial charge in [0.15, 0.2) is 5.78 Å². The molecule has 0 aliphatic carbocycles. The Morgan fingerprint density at radius 3 is 2.46 bits per heavy atom. The fraction of sp³-hybridized carbons (Fsp3) is 0.292. The molecule has 2 rings (SSSR count). The van der Waals surface area contributed by atoms with Gasteiger partial charge < -0.3 is 5.73 Å². The molecule has 1 aromatic carbocycles. The van der Waals surface area contributed by atoms with Gasteiger partial charge in [-0.05, 0) is 68.0 Å². The number of nitrogens with two attached hydrogens (primary N) is 1. The van der Waals surface area contributed by atoms with Gasteiger partial charge in [0.05, 0.1) is 11.6 Å². The maximum Gasteiger partial charge on any atom is 0.162 e. The maximum absolute atomic E-state index is 12.4. The molecule has 4 heteroatoms. The lowest BCUT2D eigenvalue weighted by molar-refractivity contribution is -0.115. The van der Waals surface area contributed by atoms with Crippen molar-refractivity contribution in [2.24, 2.45) is 0 Å². The van der Waals surface area contributed by atoms with Gasteiger partial charge in [0, 0.05) is 29.1 Å². The highest BCUT2D eigenvalue weighted by atomic mass is 16.1. The van der Waals surface area contributed by atoms with E-state index in [0.29, 0.717) is 17.8 Å². The number of allylic oxidation sites excluding steroid dienone is 6. The van der Waals surface area contributed by atoms with Crippen molar-refractivity contribution in [3.63, 3.8) is 0 Å². The summed E-state index contributed by atoms with van der Waals surface area (Å²) in [6.07, 6.45) is 6.94. The van der Waals surface area contributed by atoms with Crippen LogP contribution in [0.1, 0.15) is 58.6 Å². The van der Waals surface area contributed by atoms with E-state index in [1.54, 1.807) is 12.3 Å². The van der Waals surface area contributed by atoms with E-state index >= 15 is 0 Å². The second kappa shape index (κ2) is 9.14.